The second kappa shape index (κ2) is 7.05. The molecule has 2 N–H and O–H groups in total. The van der Waals surface area contributed by atoms with E-state index in [2.05, 4.69) is 4.84 Å². The first-order valence-electron chi connectivity index (χ1n) is 5.94. The van der Waals surface area contributed by atoms with Gasteiger partial charge in [-0.25, -0.2) is 13.2 Å². The number of nitrogens with two attached hydrogens (primary N) is 1. The molecule has 0 saturated heterocycles. The highest BCUT2D eigenvalue weighted by Crippen LogP contribution is 2.23. The molecule has 10 heteroatoms. The second-order valence-electron chi connectivity index (χ2n) is 4.19. The molecule has 1 rings (SSSR count). The summed E-state index contributed by atoms with van der Waals surface area (Å²) in [6.45, 7) is 1.29. The van der Waals surface area contributed by atoms with E-state index in [0.717, 1.165) is 6.07 Å². The molecule has 0 aromatic heterocycles. The number of benzene rings is 1. The SMILES string of the molecule is CON(C)S(=O)(=O)c1ccc(Cl)c(C(=O)O[C@@H](C)C(N)=O)c1. The molecule has 122 valence electrons. The molecular formula is C12H15ClN2O6S. The fraction of sp³-hybridized carbons (Fsp3) is 0.333. The van der Waals surface area contributed by atoms with E-state index in [1.54, 1.807) is 0 Å². The highest BCUT2D eigenvalue weighted by molar-refractivity contribution is 7.89. The Kier molecular flexibility index (Phi) is 5.89. The number of amides is 1. The number of hydrogen-bond donors (Lipinski definition) is 1. The lowest BCUT2D eigenvalue weighted by Gasteiger charge is -2.15. The number of ether oxygens (including phenoxy) is 1. The standard InChI is InChI=1S/C12H15ClN2O6S/c1-7(11(14)16)21-12(17)9-6-8(4-5-10(9)13)22(18,19)15(2)20-3/h4-7H,1-3H3,(H2,14,16)/t7-/m0/s1. The number of nitrogens with zero attached hydrogens (tertiary/aromatic N) is 1. The lowest BCUT2D eigenvalue weighted by atomic mass is 10.2. The molecule has 0 radical (unpaired) electrons. The lowest BCUT2D eigenvalue weighted by molar-refractivity contribution is -0.125. The Bertz CT molecular complexity index is 691. The fourth-order valence-corrected chi connectivity index (χ4v) is 2.54. The third-order valence-corrected chi connectivity index (χ3v) is 4.74. The highest BCUT2D eigenvalue weighted by atomic mass is 35.5. The van der Waals surface area contributed by atoms with Crippen LogP contribution in [0.1, 0.15) is 17.3 Å². The minimum atomic E-state index is -3.95. The molecule has 0 spiro atoms. The molecule has 22 heavy (non-hydrogen) atoms. The first-order chi connectivity index (χ1) is 10.1. The van der Waals surface area contributed by atoms with Gasteiger partial charge in [0.25, 0.3) is 15.9 Å². The van der Waals surface area contributed by atoms with Gasteiger partial charge in [0.05, 0.1) is 22.6 Å². The van der Waals surface area contributed by atoms with Crippen molar-refractivity contribution in [3.63, 3.8) is 0 Å². The third-order valence-electron chi connectivity index (χ3n) is 2.74. The molecule has 1 aromatic rings. The molecule has 0 aliphatic carbocycles. The summed E-state index contributed by atoms with van der Waals surface area (Å²) >= 11 is 5.86. The minimum Gasteiger partial charge on any atom is -0.449 e. The number of esters is 1. The number of rotatable bonds is 6. The smallest absolute Gasteiger partial charge is 0.340 e. The van der Waals surface area contributed by atoms with Crippen molar-refractivity contribution in [1.29, 1.82) is 0 Å². The molecule has 0 fully saturated rings. The predicted molar refractivity (Wildman–Crippen MR) is 77.5 cm³/mol. The average molecular weight is 351 g/mol. The van der Waals surface area contributed by atoms with Crippen molar-refractivity contribution in [2.24, 2.45) is 5.73 Å². The van der Waals surface area contributed by atoms with E-state index in [-0.39, 0.29) is 15.5 Å². The molecule has 1 atom stereocenters. The topological polar surface area (TPSA) is 116 Å². The largest absolute Gasteiger partial charge is 0.449 e. The fourth-order valence-electron chi connectivity index (χ4n) is 1.35. The Hall–Kier alpha value is -1.68. The van der Waals surface area contributed by atoms with E-state index in [4.69, 9.17) is 22.1 Å². The molecule has 0 heterocycles. The monoisotopic (exact) mass is 350 g/mol. The molecule has 8 nitrogen and oxygen atoms in total. The van der Waals surface area contributed by atoms with Crippen LogP contribution in [0.25, 0.3) is 0 Å². The molecule has 0 bridgehead atoms. The summed E-state index contributed by atoms with van der Waals surface area (Å²) in [5.74, 6) is -1.80. The molecule has 0 aliphatic rings. The maximum atomic E-state index is 12.1. The Labute approximate surface area is 132 Å². The van der Waals surface area contributed by atoms with Crippen LogP contribution >= 0.6 is 11.6 Å². The zero-order valence-corrected chi connectivity index (χ0v) is 13.6. The van der Waals surface area contributed by atoms with Gasteiger partial charge in [0, 0.05) is 7.05 Å². The van der Waals surface area contributed by atoms with Crippen LogP contribution in [-0.4, -0.2) is 45.0 Å². The molecule has 0 unspecified atom stereocenters. The van der Waals surface area contributed by atoms with Crippen molar-refractivity contribution in [1.82, 2.24) is 4.47 Å². The minimum absolute atomic E-state index is 0.0271. The molecule has 0 saturated carbocycles. The van der Waals surface area contributed by atoms with Crippen LogP contribution in [-0.2, 0) is 24.4 Å². The van der Waals surface area contributed by atoms with Gasteiger partial charge in [-0.05, 0) is 25.1 Å². The lowest BCUT2D eigenvalue weighted by Crippen LogP contribution is -2.30. The number of hydroxylamine groups is 1. The van der Waals surface area contributed by atoms with E-state index in [0.29, 0.717) is 4.47 Å². The van der Waals surface area contributed by atoms with Gasteiger partial charge in [0.15, 0.2) is 6.10 Å². The molecule has 1 aromatic carbocycles. The van der Waals surface area contributed by atoms with Crippen molar-refractivity contribution < 1.29 is 27.6 Å². The van der Waals surface area contributed by atoms with E-state index in [1.165, 1.54) is 33.2 Å². The third kappa shape index (κ3) is 3.95. The van der Waals surface area contributed by atoms with Crippen LogP contribution in [0, 0.1) is 0 Å². The average Bonchev–Trinajstić information content (AvgIpc) is 2.46. The maximum absolute atomic E-state index is 12.1. The van der Waals surface area contributed by atoms with Crippen LogP contribution in [0.3, 0.4) is 0 Å². The van der Waals surface area contributed by atoms with Gasteiger partial charge in [-0.2, -0.15) is 0 Å². The number of carbonyl (C=O) groups excluding carboxylic acids is 2. The van der Waals surface area contributed by atoms with Crippen LogP contribution in [0.2, 0.25) is 5.02 Å². The van der Waals surface area contributed by atoms with Gasteiger partial charge in [0.1, 0.15) is 0 Å². The Morgan fingerprint density at radius 2 is 1.95 bits per heavy atom. The van der Waals surface area contributed by atoms with E-state index >= 15 is 0 Å². The maximum Gasteiger partial charge on any atom is 0.340 e. The number of primary amides is 1. The zero-order valence-electron chi connectivity index (χ0n) is 12.1. The predicted octanol–water partition coefficient (Wildman–Crippen LogP) is 0.553. The molecule has 0 aliphatic heterocycles. The van der Waals surface area contributed by atoms with Gasteiger partial charge in [0.2, 0.25) is 0 Å². The first-order valence-corrected chi connectivity index (χ1v) is 7.76. The van der Waals surface area contributed by atoms with E-state index in [1.807, 2.05) is 0 Å². The summed E-state index contributed by atoms with van der Waals surface area (Å²) in [4.78, 5) is 27.3. The Balaban J connectivity index is 3.21. The van der Waals surface area contributed by atoms with Crippen molar-refractivity contribution in [2.75, 3.05) is 14.2 Å². The van der Waals surface area contributed by atoms with Crippen LogP contribution in [0.5, 0.6) is 0 Å². The van der Waals surface area contributed by atoms with Gasteiger partial charge in [-0.15, -0.1) is 0 Å². The second-order valence-corrected chi connectivity index (χ2v) is 6.53. The summed E-state index contributed by atoms with van der Waals surface area (Å²) in [5, 5.41) is -0.0271. The van der Waals surface area contributed by atoms with Crippen molar-refractivity contribution in [2.45, 2.75) is 17.9 Å². The molecular weight excluding hydrogens is 336 g/mol. The van der Waals surface area contributed by atoms with Gasteiger partial charge >= 0.3 is 5.97 Å². The highest BCUT2D eigenvalue weighted by Gasteiger charge is 2.25. The summed E-state index contributed by atoms with van der Waals surface area (Å²) in [6.07, 6.45) is -1.18. The van der Waals surface area contributed by atoms with Gasteiger partial charge in [-0.3, -0.25) is 9.63 Å². The first kappa shape index (κ1) is 18.4. The van der Waals surface area contributed by atoms with Crippen LogP contribution < -0.4 is 5.73 Å². The normalized spacial score (nSPS) is 13.0. The van der Waals surface area contributed by atoms with Crippen molar-refractivity contribution in [3.8, 4) is 0 Å². The van der Waals surface area contributed by atoms with Crippen LogP contribution in [0.4, 0.5) is 0 Å². The zero-order chi connectivity index (χ0) is 17.1. The summed E-state index contributed by atoms with van der Waals surface area (Å²) < 4.78 is 29.6. The van der Waals surface area contributed by atoms with Crippen LogP contribution in [0.15, 0.2) is 23.1 Å². The molecule has 1 amide bonds. The quantitative estimate of drug-likeness (QED) is 0.591. The van der Waals surface area contributed by atoms with E-state index in [9.17, 15) is 18.0 Å². The Morgan fingerprint density at radius 1 is 1.36 bits per heavy atom. The van der Waals surface area contributed by atoms with Gasteiger partial charge < -0.3 is 10.5 Å². The number of halogens is 1. The number of carbonyl (C=O) groups is 2. The number of sulfonamides is 1. The summed E-state index contributed by atoms with van der Waals surface area (Å²) in [6, 6.07) is 3.47. The summed E-state index contributed by atoms with van der Waals surface area (Å²) in [5.41, 5.74) is 4.78. The van der Waals surface area contributed by atoms with Gasteiger partial charge in [-0.1, -0.05) is 16.1 Å². The van der Waals surface area contributed by atoms with Crippen molar-refractivity contribution in [3.05, 3.63) is 28.8 Å². The van der Waals surface area contributed by atoms with E-state index < -0.39 is 28.0 Å². The number of hydrogen-bond acceptors (Lipinski definition) is 6. The summed E-state index contributed by atoms with van der Waals surface area (Å²) in [7, 11) is -1.58. The Morgan fingerprint density at radius 3 is 2.45 bits per heavy atom. The van der Waals surface area contributed by atoms with Crippen molar-refractivity contribution >= 4 is 33.5 Å².